The smallest absolute Gasteiger partial charge is 0.0871 e. The Balaban J connectivity index is 2.86. The average Bonchev–Trinajstić information content (AvgIpc) is 1.74. The van der Waals surface area contributed by atoms with E-state index in [1.165, 1.54) is 11.1 Å². The Hall–Kier alpha value is -1.18. The number of aromatic amines is 2. The van der Waals surface area contributed by atoms with Gasteiger partial charge < -0.3 is 0 Å². The lowest BCUT2D eigenvalue weighted by Crippen LogP contribution is -1.92. The van der Waals surface area contributed by atoms with Gasteiger partial charge in [-0.25, -0.2) is 0 Å². The fourth-order valence-corrected chi connectivity index (χ4v) is 0.925. The number of hydrogen-bond donors (Lipinski definition) is 2. The van der Waals surface area contributed by atoms with Crippen molar-refractivity contribution in [3.8, 4) is 0 Å². The van der Waals surface area contributed by atoms with Gasteiger partial charge in [0, 0.05) is 6.07 Å². The molecular weight excluding hydrogens is 112 g/mol. The molecule has 0 saturated carbocycles. The molecule has 0 amide bonds. The van der Waals surface area contributed by atoms with Crippen LogP contribution in [0.4, 0.5) is 0 Å². The summed E-state index contributed by atoms with van der Waals surface area (Å²) < 4.78 is 0. The molecule has 0 aliphatic heterocycles. The first-order valence-electron chi connectivity index (χ1n) is 2.91. The van der Waals surface area contributed by atoms with E-state index in [0.717, 1.165) is 5.52 Å². The molecule has 0 aliphatic rings. The highest BCUT2D eigenvalue weighted by atomic mass is 15.1. The van der Waals surface area contributed by atoms with Crippen molar-refractivity contribution in [2.24, 2.45) is 0 Å². The molecule has 0 saturated heterocycles. The largest absolute Gasteiger partial charge is 0.298 e. The van der Waals surface area contributed by atoms with Crippen LogP contribution in [-0.4, -0.2) is 10.2 Å². The maximum Gasteiger partial charge on any atom is 0.0871 e. The van der Waals surface area contributed by atoms with Crippen molar-refractivity contribution in [1.29, 1.82) is 0 Å². The average molecular weight is 119 g/mol. The van der Waals surface area contributed by atoms with Crippen LogP contribution in [0.2, 0.25) is 0 Å². The van der Waals surface area contributed by atoms with Gasteiger partial charge in [-0.3, -0.25) is 10.2 Å². The summed E-state index contributed by atoms with van der Waals surface area (Å²) >= 11 is 0. The van der Waals surface area contributed by atoms with Gasteiger partial charge in [0.15, 0.2) is 0 Å². The topological polar surface area (TPSA) is 31.6 Å². The molecule has 9 heavy (non-hydrogen) atoms. The van der Waals surface area contributed by atoms with Crippen molar-refractivity contribution < 1.29 is 0 Å². The number of hydrogen-bond acceptors (Lipinski definition) is 0. The Morgan fingerprint density at radius 1 is 1.44 bits per heavy atom. The normalized spacial score (nSPS) is 10.8. The molecule has 2 rings (SSSR count). The standard InChI is InChI=1S/C7H7N2/c1-5-3-2-4-6-7(5)9-8-6/h2-3,8-9H,1H3. The van der Waals surface area contributed by atoms with Crippen LogP contribution in [0.15, 0.2) is 12.1 Å². The number of aryl methyl sites for hydroxylation is 1. The summed E-state index contributed by atoms with van der Waals surface area (Å²) in [6, 6.07) is 7.01. The molecule has 0 unspecified atom stereocenters. The number of aromatic nitrogens is 2. The number of nitrogens with one attached hydrogen (secondary N) is 2. The van der Waals surface area contributed by atoms with Crippen molar-refractivity contribution in [1.82, 2.24) is 10.2 Å². The van der Waals surface area contributed by atoms with Crippen LogP contribution in [0.3, 0.4) is 0 Å². The summed E-state index contributed by atoms with van der Waals surface area (Å²) in [5, 5.41) is 5.90. The zero-order valence-corrected chi connectivity index (χ0v) is 5.15. The minimum Gasteiger partial charge on any atom is -0.298 e. The molecule has 1 aromatic carbocycles. The van der Waals surface area contributed by atoms with E-state index in [-0.39, 0.29) is 0 Å². The highest BCUT2D eigenvalue weighted by Crippen LogP contribution is 2.12. The van der Waals surface area contributed by atoms with Gasteiger partial charge in [0.1, 0.15) is 0 Å². The third kappa shape index (κ3) is 0.499. The first-order chi connectivity index (χ1) is 4.38. The maximum atomic E-state index is 3.05. The lowest BCUT2D eigenvalue weighted by molar-refractivity contribution is 1.06. The van der Waals surface area contributed by atoms with Crippen LogP contribution in [0.1, 0.15) is 5.56 Å². The zero-order valence-electron chi connectivity index (χ0n) is 5.15. The highest BCUT2D eigenvalue weighted by Gasteiger charge is 1.97. The molecule has 2 heteroatoms. The minimum atomic E-state index is 1.08. The van der Waals surface area contributed by atoms with Gasteiger partial charge in [-0.15, -0.1) is 0 Å². The molecule has 2 aromatic rings. The van der Waals surface area contributed by atoms with E-state index in [2.05, 4.69) is 23.2 Å². The van der Waals surface area contributed by atoms with E-state index in [0.29, 0.717) is 0 Å². The summed E-state index contributed by atoms with van der Waals surface area (Å²) in [4.78, 5) is 0. The van der Waals surface area contributed by atoms with Crippen molar-refractivity contribution in [3.63, 3.8) is 0 Å². The second-order valence-electron chi connectivity index (χ2n) is 2.16. The molecule has 2 nitrogen and oxygen atoms in total. The van der Waals surface area contributed by atoms with E-state index in [1.807, 2.05) is 12.1 Å². The van der Waals surface area contributed by atoms with E-state index in [1.54, 1.807) is 0 Å². The van der Waals surface area contributed by atoms with Gasteiger partial charge in [0.05, 0.1) is 11.0 Å². The molecule has 1 radical (unpaired) electrons. The van der Waals surface area contributed by atoms with Gasteiger partial charge in [-0.05, 0) is 12.5 Å². The van der Waals surface area contributed by atoms with Gasteiger partial charge in [0.25, 0.3) is 0 Å². The van der Waals surface area contributed by atoms with Gasteiger partial charge in [0.2, 0.25) is 0 Å². The van der Waals surface area contributed by atoms with Crippen molar-refractivity contribution in [3.05, 3.63) is 23.8 Å². The molecule has 2 N–H and O–H groups in total. The van der Waals surface area contributed by atoms with Crippen molar-refractivity contribution in [2.75, 3.05) is 0 Å². The SMILES string of the molecule is Cc1cc[c]c2[nH][nH]c12. The molecule has 1 heterocycles. The summed E-state index contributed by atoms with van der Waals surface area (Å²) in [5.74, 6) is 0. The first-order valence-corrected chi connectivity index (χ1v) is 2.91. The third-order valence-electron chi connectivity index (χ3n) is 1.52. The molecule has 0 bridgehead atoms. The number of fused-ring (bicyclic) bond motifs is 1. The van der Waals surface area contributed by atoms with E-state index >= 15 is 0 Å². The van der Waals surface area contributed by atoms with E-state index < -0.39 is 0 Å². The molecule has 0 atom stereocenters. The molecule has 0 spiro atoms. The summed E-state index contributed by atoms with van der Waals surface area (Å²) in [5.41, 5.74) is 3.52. The fourth-order valence-electron chi connectivity index (χ4n) is 0.925. The number of rotatable bonds is 0. The van der Waals surface area contributed by atoms with Gasteiger partial charge in [-0.2, -0.15) is 0 Å². The van der Waals surface area contributed by atoms with E-state index in [4.69, 9.17) is 0 Å². The zero-order chi connectivity index (χ0) is 6.27. The maximum absolute atomic E-state index is 3.05. The summed E-state index contributed by atoms with van der Waals surface area (Å²) in [6.07, 6.45) is 0. The second-order valence-corrected chi connectivity index (χ2v) is 2.16. The van der Waals surface area contributed by atoms with Crippen LogP contribution in [0.25, 0.3) is 11.0 Å². The Labute approximate surface area is 52.9 Å². The molecule has 1 aromatic heterocycles. The van der Waals surface area contributed by atoms with Crippen molar-refractivity contribution in [2.45, 2.75) is 6.92 Å². The minimum absolute atomic E-state index is 1.08. The predicted molar refractivity (Wildman–Crippen MR) is 36.2 cm³/mol. The predicted octanol–water partition coefficient (Wildman–Crippen LogP) is 1.60. The third-order valence-corrected chi connectivity index (χ3v) is 1.52. The van der Waals surface area contributed by atoms with Gasteiger partial charge in [-0.1, -0.05) is 12.1 Å². The summed E-state index contributed by atoms with van der Waals surface area (Å²) in [6.45, 7) is 2.07. The quantitative estimate of drug-likeness (QED) is 0.528. The Morgan fingerprint density at radius 2 is 2.33 bits per heavy atom. The fraction of sp³-hybridized carbons (Fsp3) is 0.143. The van der Waals surface area contributed by atoms with Crippen LogP contribution < -0.4 is 0 Å². The van der Waals surface area contributed by atoms with Crippen LogP contribution in [0.5, 0.6) is 0 Å². The monoisotopic (exact) mass is 119 g/mol. The van der Waals surface area contributed by atoms with Crippen LogP contribution >= 0.6 is 0 Å². The Morgan fingerprint density at radius 3 is 2.78 bits per heavy atom. The lowest BCUT2D eigenvalue weighted by atomic mass is 10.2. The Kier molecular flexibility index (Phi) is 0.730. The van der Waals surface area contributed by atoms with Crippen LogP contribution in [0, 0.1) is 13.0 Å². The second kappa shape index (κ2) is 1.41. The highest BCUT2D eigenvalue weighted by molar-refractivity contribution is 5.78. The van der Waals surface area contributed by atoms with Crippen LogP contribution in [-0.2, 0) is 0 Å². The van der Waals surface area contributed by atoms with Gasteiger partial charge >= 0.3 is 0 Å². The molecule has 0 aliphatic carbocycles. The van der Waals surface area contributed by atoms with Crippen molar-refractivity contribution >= 4 is 11.0 Å². The number of H-pyrrole nitrogens is 2. The molecule has 45 valence electrons. The summed E-state index contributed by atoms with van der Waals surface area (Å²) in [7, 11) is 0. The molecule has 0 fully saturated rings. The lowest BCUT2D eigenvalue weighted by Gasteiger charge is -2.03. The number of benzene rings is 1. The Bertz CT molecular complexity index is 316. The van der Waals surface area contributed by atoms with E-state index in [9.17, 15) is 0 Å². The first kappa shape index (κ1) is 4.68. The molecular formula is C7H7N2.